The maximum Gasteiger partial charge on any atom is 0.156 e. The average Bonchev–Trinajstić information content (AvgIpc) is 3.32. The van der Waals surface area contributed by atoms with Crippen molar-refractivity contribution in [3.8, 4) is 0 Å². The molecule has 6 aliphatic rings. The highest BCUT2D eigenvalue weighted by atomic mass is 16.6. The van der Waals surface area contributed by atoms with Gasteiger partial charge < -0.3 is 4.74 Å². The lowest BCUT2D eigenvalue weighted by atomic mass is 9.45. The molecule has 6 rings (SSSR count). The van der Waals surface area contributed by atoms with Gasteiger partial charge in [-0.25, -0.2) is 0 Å². The summed E-state index contributed by atoms with van der Waals surface area (Å²) in [4.78, 5) is 16.2. The number of hydrogen-bond acceptors (Lipinski definition) is 3. The summed E-state index contributed by atoms with van der Waals surface area (Å²) in [6, 6.07) is 0.227. The molecule has 0 aromatic rings. The molecule has 4 saturated carbocycles. The first-order valence-corrected chi connectivity index (χ1v) is 12.0. The Morgan fingerprint density at radius 2 is 1.70 bits per heavy atom. The fourth-order valence-corrected chi connectivity index (χ4v) is 9.05. The minimum atomic E-state index is -0.0524. The number of Topliss-reactive ketones (excluding diaryl/α,β-unsaturated/α-hetero) is 1. The Kier molecular flexibility index (Phi) is 3.62. The van der Waals surface area contributed by atoms with Crippen molar-refractivity contribution < 1.29 is 9.53 Å². The first kappa shape index (κ1) is 17.4. The Bertz CT molecular complexity index is 657. The molecule has 0 amide bonds. The second kappa shape index (κ2) is 5.59. The van der Waals surface area contributed by atoms with E-state index in [-0.39, 0.29) is 17.1 Å². The van der Waals surface area contributed by atoms with Crippen molar-refractivity contribution in [2.75, 3.05) is 13.1 Å². The second-order valence-electron chi connectivity index (χ2n) is 11.4. The molecule has 0 aromatic heterocycles. The van der Waals surface area contributed by atoms with Crippen LogP contribution >= 0.6 is 0 Å². The first-order valence-electron chi connectivity index (χ1n) is 12.0. The van der Waals surface area contributed by atoms with E-state index in [0.717, 1.165) is 37.8 Å². The minimum absolute atomic E-state index is 0.0524. The van der Waals surface area contributed by atoms with E-state index in [2.05, 4.69) is 18.7 Å². The predicted molar refractivity (Wildman–Crippen MR) is 105 cm³/mol. The molecule has 4 aliphatic carbocycles. The Balaban J connectivity index is 1.32. The van der Waals surface area contributed by atoms with Gasteiger partial charge in [0.25, 0.3) is 0 Å². The summed E-state index contributed by atoms with van der Waals surface area (Å²) in [6.07, 6.45) is 14.6. The number of fused-ring (bicyclic) bond motifs is 4. The highest BCUT2D eigenvalue weighted by Gasteiger charge is 2.75. The molecular weight excluding hydrogens is 334 g/mol. The normalized spacial score (nSPS) is 57.4. The topological polar surface area (TPSA) is 32.8 Å². The molecule has 0 aromatic carbocycles. The van der Waals surface area contributed by atoms with Gasteiger partial charge >= 0.3 is 0 Å². The quantitative estimate of drug-likeness (QED) is 0.632. The first-order chi connectivity index (χ1) is 13.0. The molecule has 1 spiro atoms. The number of rotatable bonds is 1. The lowest BCUT2D eigenvalue weighted by Gasteiger charge is -2.57. The van der Waals surface area contributed by atoms with Crippen LogP contribution < -0.4 is 0 Å². The predicted octanol–water partition coefficient (Wildman–Crippen LogP) is 4.58. The number of carbonyl (C=O) groups is 1. The Hall–Kier alpha value is -0.410. The highest BCUT2D eigenvalue weighted by molar-refractivity contribution is 5.92. The molecule has 150 valence electrons. The Morgan fingerprint density at radius 1 is 0.926 bits per heavy atom. The van der Waals surface area contributed by atoms with Gasteiger partial charge in [0, 0.05) is 10.8 Å². The van der Waals surface area contributed by atoms with E-state index >= 15 is 0 Å². The van der Waals surface area contributed by atoms with Gasteiger partial charge in [0.1, 0.15) is 5.60 Å². The van der Waals surface area contributed by atoms with Crippen LogP contribution in [0, 0.1) is 28.6 Å². The third kappa shape index (κ3) is 2.09. The van der Waals surface area contributed by atoms with Crippen LogP contribution in [0.5, 0.6) is 0 Å². The maximum atomic E-state index is 13.6. The molecule has 3 unspecified atom stereocenters. The van der Waals surface area contributed by atoms with Gasteiger partial charge in [-0.1, -0.05) is 33.1 Å². The van der Waals surface area contributed by atoms with Crippen molar-refractivity contribution in [1.82, 2.24) is 4.90 Å². The maximum absolute atomic E-state index is 13.6. The van der Waals surface area contributed by atoms with Crippen molar-refractivity contribution in [1.29, 1.82) is 0 Å². The van der Waals surface area contributed by atoms with Gasteiger partial charge in [-0.3, -0.25) is 9.69 Å². The van der Waals surface area contributed by atoms with Gasteiger partial charge in [0.05, 0.1) is 12.1 Å². The van der Waals surface area contributed by atoms with Gasteiger partial charge in [-0.2, -0.15) is 0 Å². The van der Waals surface area contributed by atoms with Crippen molar-refractivity contribution in [3.05, 3.63) is 0 Å². The zero-order chi connectivity index (χ0) is 18.4. The number of carbonyl (C=O) groups excluding carboxylic acids is 1. The van der Waals surface area contributed by atoms with Crippen LogP contribution in [0.4, 0.5) is 0 Å². The largest absolute Gasteiger partial charge is 0.365 e. The molecule has 3 nitrogen and oxygen atoms in total. The smallest absolute Gasteiger partial charge is 0.156 e. The summed E-state index contributed by atoms with van der Waals surface area (Å²) >= 11 is 0. The minimum Gasteiger partial charge on any atom is -0.365 e. The zero-order valence-electron chi connectivity index (χ0n) is 17.3. The van der Waals surface area contributed by atoms with E-state index in [1.165, 1.54) is 57.8 Å². The van der Waals surface area contributed by atoms with Crippen LogP contribution in [0.2, 0.25) is 0 Å². The monoisotopic (exact) mass is 371 g/mol. The molecule has 2 aliphatic heterocycles. The van der Waals surface area contributed by atoms with Crippen molar-refractivity contribution >= 4 is 5.78 Å². The van der Waals surface area contributed by atoms with Crippen LogP contribution in [0.15, 0.2) is 0 Å². The number of piperidine rings is 1. The van der Waals surface area contributed by atoms with Crippen LogP contribution in [0.3, 0.4) is 0 Å². The molecule has 0 N–H and O–H groups in total. The van der Waals surface area contributed by atoms with E-state index in [4.69, 9.17) is 4.74 Å². The van der Waals surface area contributed by atoms with Crippen LogP contribution in [0.25, 0.3) is 0 Å². The summed E-state index contributed by atoms with van der Waals surface area (Å²) in [6.45, 7) is 7.23. The SMILES string of the molecule is C[C@]12CC[C@@H]3[C@@H](CC4OC45CCCC[C@]35C)[C@@H]1CC(N1CCCCC1)C2=O. The Labute approximate surface area is 164 Å². The molecular formula is C24H37NO2. The molecule has 2 saturated heterocycles. The van der Waals surface area contributed by atoms with Crippen LogP contribution in [-0.4, -0.2) is 41.5 Å². The lowest BCUT2D eigenvalue weighted by molar-refractivity contribution is -0.138. The third-order valence-corrected chi connectivity index (χ3v) is 10.6. The summed E-state index contributed by atoms with van der Waals surface area (Å²) in [7, 11) is 0. The second-order valence-corrected chi connectivity index (χ2v) is 11.4. The number of hydrogen-bond donors (Lipinski definition) is 0. The average molecular weight is 372 g/mol. The van der Waals surface area contributed by atoms with Crippen LogP contribution in [-0.2, 0) is 9.53 Å². The van der Waals surface area contributed by atoms with Gasteiger partial charge in [-0.15, -0.1) is 0 Å². The van der Waals surface area contributed by atoms with Crippen molar-refractivity contribution in [2.45, 2.75) is 102 Å². The lowest BCUT2D eigenvalue weighted by Crippen LogP contribution is -2.57. The molecule has 8 atom stereocenters. The summed E-state index contributed by atoms with van der Waals surface area (Å²) < 4.78 is 6.52. The third-order valence-electron chi connectivity index (χ3n) is 10.6. The Morgan fingerprint density at radius 3 is 2.52 bits per heavy atom. The zero-order valence-corrected chi connectivity index (χ0v) is 17.3. The number of likely N-dealkylation sites (tertiary alicyclic amines) is 1. The van der Waals surface area contributed by atoms with Crippen molar-refractivity contribution in [2.24, 2.45) is 28.6 Å². The van der Waals surface area contributed by atoms with Gasteiger partial charge in [0.15, 0.2) is 5.78 Å². The van der Waals surface area contributed by atoms with E-state index < -0.39 is 0 Å². The van der Waals surface area contributed by atoms with Gasteiger partial charge in [-0.05, 0) is 82.2 Å². The fraction of sp³-hybridized carbons (Fsp3) is 0.958. The standard InChI is InChI=1S/C24H37NO2/c1-22-11-8-17-16(14-20-24(27-20)10-5-4-9-23(17,24)2)18(22)15-19(21(22)26)25-12-6-3-7-13-25/h16-20H,3-15H2,1-2H3/t16-,17-,18+,19?,20?,22+,23-,24?/m1/s1. The summed E-state index contributed by atoms with van der Waals surface area (Å²) in [5.41, 5.74) is 0.560. The van der Waals surface area contributed by atoms with Gasteiger partial charge in [0.2, 0.25) is 0 Å². The highest BCUT2D eigenvalue weighted by Crippen LogP contribution is 2.73. The summed E-state index contributed by atoms with van der Waals surface area (Å²) in [5.74, 6) is 2.74. The fourth-order valence-electron chi connectivity index (χ4n) is 9.05. The molecule has 6 fully saturated rings. The number of epoxide rings is 1. The van der Waals surface area contributed by atoms with E-state index in [1.807, 2.05) is 0 Å². The van der Waals surface area contributed by atoms with Crippen LogP contribution in [0.1, 0.15) is 84.5 Å². The summed E-state index contributed by atoms with van der Waals surface area (Å²) in [5, 5.41) is 0. The molecule has 0 bridgehead atoms. The molecule has 27 heavy (non-hydrogen) atoms. The van der Waals surface area contributed by atoms with E-state index in [9.17, 15) is 4.79 Å². The molecule has 3 heteroatoms. The van der Waals surface area contributed by atoms with E-state index in [0.29, 0.717) is 23.2 Å². The molecule has 2 heterocycles. The molecule has 0 radical (unpaired) electrons. The number of ketones is 1. The number of nitrogens with zero attached hydrogens (tertiary/aromatic N) is 1. The van der Waals surface area contributed by atoms with Crippen molar-refractivity contribution in [3.63, 3.8) is 0 Å². The number of ether oxygens (including phenoxy) is 1. The van der Waals surface area contributed by atoms with E-state index in [1.54, 1.807) is 0 Å².